The summed E-state index contributed by atoms with van der Waals surface area (Å²) in [6.45, 7) is 3.91. The number of halogens is 1. The van der Waals surface area contributed by atoms with Gasteiger partial charge in [-0.25, -0.2) is 17.9 Å². The van der Waals surface area contributed by atoms with E-state index in [0.29, 0.717) is 6.54 Å². The van der Waals surface area contributed by atoms with Crippen molar-refractivity contribution in [3.8, 4) is 0 Å². The number of carbonyl (C=O) groups is 1. The van der Waals surface area contributed by atoms with Crippen LogP contribution in [0.5, 0.6) is 0 Å². The molecule has 1 fully saturated rings. The van der Waals surface area contributed by atoms with Gasteiger partial charge in [-0.15, -0.1) is 0 Å². The van der Waals surface area contributed by atoms with Crippen LogP contribution in [0.25, 0.3) is 0 Å². The number of hydrogen-bond donors (Lipinski definition) is 1. The second-order valence-electron chi connectivity index (χ2n) is 5.49. The van der Waals surface area contributed by atoms with E-state index in [4.69, 9.17) is 5.14 Å². The Morgan fingerprint density at radius 2 is 2.05 bits per heavy atom. The highest BCUT2D eigenvalue weighted by molar-refractivity contribution is 7.89. The molecule has 2 rings (SSSR count). The van der Waals surface area contributed by atoms with Crippen LogP contribution in [-0.2, 0) is 10.0 Å². The number of carbonyl (C=O) groups excluding carboxylic acids is 1. The molecule has 0 aromatic heterocycles. The number of aryl methyl sites for hydroxylation is 1. The molecule has 2 N–H and O–H groups in total. The first-order chi connectivity index (χ1) is 9.71. The van der Waals surface area contributed by atoms with Crippen LogP contribution in [0.1, 0.15) is 42.1 Å². The standard InChI is InChI=1S/C14H19FN2O3S/c1-9-7-12(15)11(8-13(9)21(16,19)20)14(18)17-6-4-3-5-10(17)2/h7-8,10H,3-6H2,1-2H3,(H2,16,19,20). The van der Waals surface area contributed by atoms with Crippen LogP contribution in [-0.4, -0.2) is 31.8 Å². The molecule has 7 heteroatoms. The number of nitrogens with two attached hydrogens (primary N) is 1. The first-order valence-corrected chi connectivity index (χ1v) is 8.40. The van der Waals surface area contributed by atoms with Gasteiger partial charge in [0.2, 0.25) is 10.0 Å². The van der Waals surface area contributed by atoms with E-state index in [1.165, 1.54) is 6.92 Å². The molecule has 0 spiro atoms. The van der Waals surface area contributed by atoms with Gasteiger partial charge in [0, 0.05) is 12.6 Å². The fourth-order valence-electron chi connectivity index (χ4n) is 2.68. The lowest BCUT2D eigenvalue weighted by atomic mass is 10.0. The summed E-state index contributed by atoms with van der Waals surface area (Å²) in [4.78, 5) is 13.8. The molecule has 1 heterocycles. The molecule has 1 aliphatic rings. The molecule has 1 unspecified atom stereocenters. The Morgan fingerprint density at radius 1 is 1.38 bits per heavy atom. The van der Waals surface area contributed by atoms with Crippen molar-refractivity contribution >= 4 is 15.9 Å². The maximum atomic E-state index is 14.1. The molecule has 5 nitrogen and oxygen atoms in total. The van der Waals surface area contributed by atoms with Gasteiger partial charge in [-0.05, 0) is 50.8 Å². The third-order valence-electron chi connectivity index (χ3n) is 3.87. The van der Waals surface area contributed by atoms with E-state index in [0.717, 1.165) is 31.4 Å². The van der Waals surface area contributed by atoms with E-state index in [9.17, 15) is 17.6 Å². The number of piperidine rings is 1. The molecule has 21 heavy (non-hydrogen) atoms. The molecule has 0 bridgehead atoms. The predicted molar refractivity (Wildman–Crippen MR) is 76.9 cm³/mol. The van der Waals surface area contributed by atoms with Gasteiger partial charge in [0.15, 0.2) is 0 Å². The van der Waals surface area contributed by atoms with Gasteiger partial charge in [-0.2, -0.15) is 0 Å². The summed E-state index contributed by atoms with van der Waals surface area (Å²) in [5.74, 6) is -1.20. The lowest BCUT2D eigenvalue weighted by molar-refractivity contribution is 0.0630. The second kappa shape index (κ2) is 5.73. The Hall–Kier alpha value is -1.47. The average Bonchev–Trinajstić information content (AvgIpc) is 2.37. The van der Waals surface area contributed by atoms with E-state index in [1.807, 2.05) is 6.92 Å². The Kier molecular flexibility index (Phi) is 4.34. The lowest BCUT2D eigenvalue weighted by Crippen LogP contribution is -2.42. The Balaban J connectivity index is 2.46. The Bertz CT molecular complexity index is 673. The van der Waals surface area contributed by atoms with Crippen LogP contribution in [0.4, 0.5) is 4.39 Å². The number of hydrogen-bond acceptors (Lipinski definition) is 3. The molecule has 0 radical (unpaired) electrons. The van der Waals surface area contributed by atoms with Gasteiger partial charge in [0.05, 0.1) is 10.5 Å². The molecule has 1 saturated heterocycles. The molecular weight excluding hydrogens is 295 g/mol. The number of nitrogens with zero attached hydrogens (tertiary/aromatic N) is 1. The van der Waals surface area contributed by atoms with E-state index >= 15 is 0 Å². The van der Waals surface area contributed by atoms with Gasteiger partial charge in [-0.1, -0.05) is 0 Å². The number of sulfonamides is 1. The zero-order valence-electron chi connectivity index (χ0n) is 12.1. The minimum Gasteiger partial charge on any atom is -0.336 e. The summed E-state index contributed by atoms with van der Waals surface area (Å²) in [6.07, 6.45) is 2.76. The molecule has 0 saturated carbocycles. The van der Waals surface area contributed by atoms with Crippen LogP contribution in [0.15, 0.2) is 17.0 Å². The summed E-state index contributed by atoms with van der Waals surface area (Å²) < 4.78 is 37.1. The summed E-state index contributed by atoms with van der Waals surface area (Å²) in [6, 6.07) is 2.11. The molecular formula is C14H19FN2O3S. The number of amides is 1. The van der Waals surface area contributed by atoms with E-state index in [2.05, 4.69) is 0 Å². The SMILES string of the molecule is Cc1cc(F)c(C(=O)N2CCCCC2C)cc1S(N)(=O)=O. The fourth-order valence-corrected chi connectivity index (χ4v) is 3.47. The molecule has 0 aliphatic carbocycles. The van der Waals surface area contributed by atoms with E-state index in [1.54, 1.807) is 4.90 Å². The first-order valence-electron chi connectivity index (χ1n) is 6.85. The van der Waals surface area contributed by atoms with Crippen molar-refractivity contribution in [2.75, 3.05) is 6.54 Å². The molecule has 1 atom stereocenters. The van der Waals surface area contributed by atoms with Crippen LogP contribution in [0.3, 0.4) is 0 Å². The topological polar surface area (TPSA) is 80.5 Å². The number of likely N-dealkylation sites (tertiary alicyclic amines) is 1. The van der Waals surface area contributed by atoms with Crippen LogP contribution in [0.2, 0.25) is 0 Å². The fraction of sp³-hybridized carbons (Fsp3) is 0.500. The molecule has 1 aromatic rings. The summed E-state index contributed by atoms with van der Waals surface area (Å²) >= 11 is 0. The smallest absolute Gasteiger partial charge is 0.257 e. The molecule has 1 aromatic carbocycles. The van der Waals surface area contributed by atoms with Gasteiger partial charge in [0.25, 0.3) is 5.91 Å². The normalized spacial score (nSPS) is 19.6. The van der Waals surface area contributed by atoms with Crippen molar-refractivity contribution in [1.29, 1.82) is 0 Å². The van der Waals surface area contributed by atoms with Crippen LogP contribution >= 0.6 is 0 Å². The summed E-state index contributed by atoms with van der Waals surface area (Å²) in [7, 11) is -3.99. The number of rotatable bonds is 2. The predicted octanol–water partition coefficient (Wildman–Crippen LogP) is 1.80. The Morgan fingerprint density at radius 3 is 2.62 bits per heavy atom. The van der Waals surface area contributed by atoms with Gasteiger partial charge < -0.3 is 4.90 Å². The second-order valence-corrected chi connectivity index (χ2v) is 7.02. The number of primary sulfonamides is 1. The van der Waals surface area contributed by atoms with E-state index in [-0.39, 0.29) is 22.1 Å². The van der Waals surface area contributed by atoms with Crippen molar-refractivity contribution in [1.82, 2.24) is 4.90 Å². The van der Waals surface area contributed by atoms with Crippen molar-refractivity contribution in [2.24, 2.45) is 5.14 Å². The van der Waals surface area contributed by atoms with Gasteiger partial charge in [-0.3, -0.25) is 4.79 Å². The number of benzene rings is 1. The largest absolute Gasteiger partial charge is 0.336 e. The lowest BCUT2D eigenvalue weighted by Gasteiger charge is -2.33. The zero-order chi connectivity index (χ0) is 15.8. The first kappa shape index (κ1) is 15.9. The summed E-state index contributed by atoms with van der Waals surface area (Å²) in [5, 5.41) is 5.11. The third kappa shape index (κ3) is 3.24. The minimum absolute atomic E-state index is 0.0184. The van der Waals surface area contributed by atoms with E-state index < -0.39 is 21.7 Å². The zero-order valence-corrected chi connectivity index (χ0v) is 12.9. The van der Waals surface area contributed by atoms with Crippen LogP contribution in [0, 0.1) is 12.7 Å². The van der Waals surface area contributed by atoms with Crippen molar-refractivity contribution in [2.45, 2.75) is 44.0 Å². The quantitative estimate of drug-likeness (QED) is 0.904. The molecule has 1 amide bonds. The maximum absolute atomic E-state index is 14.1. The Labute approximate surface area is 124 Å². The summed E-state index contributed by atoms with van der Waals surface area (Å²) in [5.41, 5.74) is -0.0448. The average molecular weight is 314 g/mol. The van der Waals surface area contributed by atoms with Crippen molar-refractivity contribution in [3.63, 3.8) is 0 Å². The maximum Gasteiger partial charge on any atom is 0.257 e. The molecule has 1 aliphatic heterocycles. The highest BCUT2D eigenvalue weighted by Crippen LogP contribution is 2.24. The van der Waals surface area contributed by atoms with Crippen molar-refractivity contribution in [3.05, 3.63) is 29.1 Å². The minimum atomic E-state index is -3.99. The van der Waals surface area contributed by atoms with Gasteiger partial charge >= 0.3 is 0 Å². The third-order valence-corrected chi connectivity index (χ3v) is 4.92. The van der Waals surface area contributed by atoms with Gasteiger partial charge in [0.1, 0.15) is 5.82 Å². The highest BCUT2D eigenvalue weighted by atomic mass is 32.2. The monoisotopic (exact) mass is 314 g/mol. The van der Waals surface area contributed by atoms with Crippen LogP contribution < -0.4 is 5.14 Å². The van der Waals surface area contributed by atoms with Crippen molar-refractivity contribution < 1.29 is 17.6 Å². The highest BCUT2D eigenvalue weighted by Gasteiger charge is 2.27. The molecule has 116 valence electrons.